The minimum absolute atomic E-state index is 0.0533. The monoisotopic (exact) mass is 356 g/mol. The SMILES string of the molecule is CCCCN1CC(C(=O)NCCc2ccc(Cl)cc2Cl)CC1=O. The van der Waals surface area contributed by atoms with Crippen molar-refractivity contribution >= 4 is 35.0 Å². The van der Waals surface area contributed by atoms with Gasteiger partial charge in [0.15, 0.2) is 0 Å². The van der Waals surface area contributed by atoms with Crippen molar-refractivity contribution in [3.63, 3.8) is 0 Å². The highest BCUT2D eigenvalue weighted by Crippen LogP contribution is 2.21. The van der Waals surface area contributed by atoms with Crippen molar-refractivity contribution in [1.29, 1.82) is 0 Å². The number of unbranched alkanes of at least 4 members (excludes halogenated alkanes) is 1. The van der Waals surface area contributed by atoms with E-state index < -0.39 is 0 Å². The van der Waals surface area contributed by atoms with Crippen LogP contribution in [0.15, 0.2) is 18.2 Å². The number of hydrogen-bond acceptors (Lipinski definition) is 2. The Morgan fingerprint density at radius 1 is 1.39 bits per heavy atom. The van der Waals surface area contributed by atoms with E-state index in [1.807, 2.05) is 6.07 Å². The molecule has 0 spiro atoms. The van der Waals surface area contributed by atoms with Crippen LogP contribution in [0.4, 0.5) is 0 Å². The Morgan fingerprint density at radius 2 is 2.17 bits per heavy atom. The predicted molar refractivity (Wildman–Crippen MR) is 92.8 cm³/mol. The van der Waals surface area contributed by atoms with Crippen molar-refractivity contribution in [3.05, 3.63) is 33.8 Å². The van der Waals surface area contributed by atoms with Crippen molar-refractivity contribution in [2.24, 2.45) is 5.92 Å². The van der Waals surface area contributed by atoms with Crippen LogP contribution in [0.5, 0.6) is 0 Å². The van der Waals surface area contributed by atoms with Crippen LogP contribution in [0.3, 0.4) is 0 Å². The van der Waals surface area contributed by atoms with Gasteiger partial charge in [-0.2, -0.15) is 0 Å². The van der Waals surface area contributed by atoms with Crippen molar-refractivity contribution in [1.82, 2.24) is 10.2 Å². The number of carbonyl (C=O) groups is 2. The Balaban J connectivity index is 1.78. The average molecular weight is 357 g/mol. The number of likely N-dealkylation sites (tertiary alicyclic amines) is 1. The number of halogens is 2. The standard InChI is InChI=1S/C17H22Cl2N2O2/c1-2-3-8-21-11-13(9-16(21)22)17(23)20-7-6-12-4-5-14(18)10-15(12)19/h4-5,10,13H,2-3,6-9,11H2,1H3,(H,20,23). The van der Waals surface area contributed by atoms with E-state index in [0.29, 0.717) is 36.0 Å². The van der Waals surface area contributed by atoms with Crippen LogP contribution in [0, 0.1) is 5.92 Å². The maximum atomic E-state index is 12.2. The van der Waals surface area contributed by atoms with Crippen LogP contribution >= 0.6 is 23.2 Å². The summed E-state index contributed by atoms with van der Waals surface area (Å²) in [5.41, 5.74) is 0.948. The van der Waals surface area contributed by atoms with Crippen LogP contribution < -0.4 is 5.32 Å². The summed E-state index contributed by atoms with van der Waals surface area (Å²) in [4.78, 5) is 25.9. The molecule has 2 rings (SSSR count). The fourth-order valence-corrected chi connectivity index (χ4v) is 3.20. The number of carbonyl (C=O) groups excluding carboxylic acids is 2. The molecule has 0 aliphatic carbocycles. The normalized spacial score (nSPS) is 17.6. The van der Waals surface area contributed by atoms with Gasteiger partial charge in [0.05, 0.1) is 5.92 Å². The Labute approximate surface area is 147 Å². The van der Waals surface area contributed by atoms with Gasteiger partial charge in [-0.25, -0.2) is 0 Å². The van der Waals surface area contributed by atoms with Gasteiger partial charge in [-0.3, -0.25) is 9.59 Å². The molecular formula is C17H22Cl2N2O2. The fourth-order valence-electron chi connectivity index (χ4n) is 2.70. The number of hydrogen-bond donors (Lipinski definition) is 1. The van der Waals surface area contributed by atoms with Crippen molar-refractivity contribution in [3.8, 4) is 0 Å². The Bertz CT molecular complexity index is 578. The second-order valence-electron chi connectivity index (χ2n) is 5.87. The molecule has 126 valence electrons. The molecule has 1 fully saturated rings. The fraction of sp³-hybridized carbons (Fsp3) is 0.529. The van der Waals surface area contributed by atoms with E-state index in [4.69, 9.17) is 23.2 Å². The summed E-state index contributed by atoms with van der Waals surface area (Å²) in [6, 6.07) is 5.34. The molecule has 1 aliphatic rings. The summed E-state index contributed by atoms with van der Waals surface area (Å²) in [6.07, 6.45) is 2.98. The van der Waals surface area contributed by atoms with Gasteiger partial charge in [0, 0.05) is 36.1 Å². The lowest BCUT2D eigenvalue weighted by Crippen LogP contribution is -2.34. The molecule has 1 aliphatic heterocycles. The predicted octanol–water partition coefficient (Wildman–Crippen LogP) is 3.30. The molecule has 23 heavy (non-hydrogen) atoms. The summed E-state index contributed by atoms with van der Waals surface area (Å²) >= 11 is 12.0. The molecule has 1 atom stereocenters. The first-order valence-corrected chi connectivity index (χ1v) is 8.76. The molecule has 1 unspecified atom stereocenters. The van der Waals surface area contributed by atoms with Crippen LogP contribution in [0.25, 0.3) is 0 Å². The second kappa shape index (κ2) is 8.55. The van der Waals surface area contributed by atoms with Gasteiger partial charge in [0.25, 0.3) is 0 Å². The molecule has 1 N–H and O–H groups in total. The van der Waals surface area contributed by atoms with Crippen LogP contribution in [-0.2, 0) is 16.0 Å². The van der Waals surface area contributed by atoms with Crippen molar-refractivity contribution in [2.45, 2.75) is 32.6 Å². The minimum Gasteiger partial charge on any atom is -0.355 e. The Morgan fingerprint density at radius 3 is 2.87 bits per heavy atom. The van der Waals surface area contributed by atoms with E-state index >= 15 is 0 Å². The van der Waals surface area contributed by atoms with E-state index in [9.17, 15) is 9.59 Å². The lowest BCUT2D eigenvalue weighted by atomic mass is 10.1. The summed E-state index contributed by atoms with van der Waals surface area (Å²) < 4.78 is 0. The van der Waals surface area contributed by atoms with Gasteiger partial charge >= 0.3 is 0 Å². The summed E-state index contributed by atoms with van der Waals surface area (Å²) in [5.74, 6) is -0.207. The van der Waals surface area contributed by atoms with Gasteiger partial charge in [-0.05, 0) is 30.5 Å². The molecular weight excluding hydrogens is 335 g/mol. The van der Waals surface area contributed by atoms with Crippen LogP contribution in [0.1, 0.15) is 31.7 Å². The largest absolute Gasteiger partial charge is 0.355 e. The lowest BCUT2D eigenvalue weighted by Gasteiger charge is -2.16. The summed E-state index contributed by atoms with van der Waals surface area (Å²) in [5, 5.41) is 4.10. The van der Waals surface area contributed by atoms with E-state index in [1.165, 1.54) is 0 Å². The zero-order valence-electron chi connectivity index (χ0n) is 13.3. The van der Waals surface area contributed by atoms with Gasteiger partial charge in [-0.1, -0.05) is 42.6 Å². The summed E-state index contributed by atoms with van der Waals surface area (Å²) in [7, 11) is 0. The molecule has 1 aromatic carbocycles. The third kappa shape index (κ3) is 5.11. The van der Waals surface area contributed by atoms with Crippen LogP contribution in [-0.4, -0.2) is 36.3 Å². The van der Waals surface area contributed by atoms with Crippen molar-refractivity contribution < 1.29 is 9.59 Å². The van der Waals surface area contributed by atoms with E-state index in [1.54, 1.807) is 17.0 Å². The smallest absolute Gasteiger partial charge is 0.225 e. The first-order chi connectivity index (χ1) is 11.0. The highest BCUT2D eigenvalue weighted by atomic mass is 35.5. The zero-order chi connectivity index (χ0) is 16.8. The van der Waals surface area contributed by atoms with E-state index in [0.717, 1.165) is 24.9 Å². The molecule has 1 heterocycles. The molecule has 0 radical (unpaired) electrons. The van der Waals surface area contributed by atoms with E-state index in [-0.39, 0.29) is 17.7 Å². The number of amides is 2. The first-order valence-electron chi connectivity index (χ1n) is 8.00. The molecule has 4 nitrogen and oxygen atoms in total. The van der Waals surface area contributed by atoms with Crippen LogP contribution in [0.2, 0.25) is 10.0 Å². The van der Waals surface area contributed by atoms with Gasteiger partial charge in [-0.15, -0.1) is 0 Å². The zero-order valence-corrected chi connectivity index (χ0v) is 14.8. The summed E-state index contributed by atoms with van der Waals surface area (Å²) in [6.45, 7) is 3.87. The first kappa shape index (κ1) is 18.1. The van der Waals surface area contributed by atoms with Gasteiger partial charge < -0.3 is 10.2 Å². The molecule has 6 heteroatoms. The number of nitrogens with zero attached hydrogens (tertiary/aromatic N) is 1. The molecule has 1 aromatic rings. The topological polar surface area (TPSA) is 49.4 Å². The Hall–Kier alpha value is -1.26. The molecule has 0 aromatic heterocycles. The maximum Gasteiger partial charge on any atom is 0.225 e. The Kier molecular flexibility index (Phi) is 6.72. The minimum atomic E-state index is -0.236. The average Bonchev–Trinajstić information content (AvgIpc) is 2.88. The quantitative estimate of drug-likeness (QED) is 0.814. The highest BCUT2D eigenvalue weighted by Gasteiger charge is 2.33. The lowest BCUT2D eigenvalue weighted by molar-refractivity contribution is -0.129. The molecule has 2 amide bonds. The highest BCUT2D eigenvalue weighted by molar-refractivity contribution is 6.35. The van der Waals surface area contributed by atoms with Gasteiger partial charge in [0.1, 0.15) is 0 Å². The maximum absolute atomic E-state index is 12.2. The van der Waals surface area contributed by atoms with Gasteiger partial charge in [0.2, 0.25) is 11.8 Å². The number of nitrogens with one attached hydrogen (secondary N) is 1. The third-order valence-electron chi connectivity index (χ3n) is 4.08. The number of rotatable bonds is 7. The second-order valence-corrected chi connectivity index (χ2v) is 6.71. The molecule has 1 saturated heterocycles. The third-order valence-corrected chi connectivity index (χ3v) is 4.66. The molecule has 0 saturated carbocycles. The molecule has 0 bridgehead atoms. The number of benzene rings is 1. The van der Waals surface area contributed by atoms with E-state index in [2.05, 4.69) is 12.2 Å². The van der Waals surface area contributed by atoms with Crippen molar-refractivity contribution in [2.75, 3.05) is 19.6 Å².